The van der Waals surface area contributed by atoms with Crippen LogP contribution in [0.4, 0.5) is 0 Å². The van der Waals surface area contributed by atoms with Crippen LogP contribution in [0.5, 0.6) is 11.5 Å². The summed E-state index contributed by atoms with van der Waals surface area (Å²) in [6, 6.07) is 13.4. The van der Waals surface area contributed by atoms with Gasteiger partial charge in [0.15, 0.2) is 0 Å². The lowest BCUT2D eigenvalue weighted by Crippen LogP contribution is -2.47. The van der Waals surface area contributed by atoms with Crippen molar-refractivity contribution < 1.29 is 14.3 Å². The number of amides is 1. The van der Waals surface area contributed by atoms with Crippen molar-refractivity contribution in [3.63, 3.8) is 0 Å². The molecule has 1 heterocycles. The van der Waals surface area contributed by atoms with E-state index in [0.717, 1.165) is 48.8 Å². The van der Waals surface area contributed by atoms with Crippen molar-refractivity contribution >= 4 is 5.91 Å². The fourth-order valence-corrected chi connectivity index (χ4v) is 3.05. The van der Waals surface area contributed by atoms with Crippen molar-refractivity contribution in [2.45, 2.75) is 0 Å². The molecule has 3 rings (SSSR count). The number of piperazine rings is 1. The van der Waals surface area contributed by atoms with Crippen LogP contribution >= 0.6 is 0 Å². The molecular formula is C20H24N2O3. The van der Waals surface area contributed by atoms with Crippen LogP contribution in [0.2, 0.25) is 0 Å². The molecule has 1 aliphatic rings. The van der Waals surface area contributed by atoms with Crippen LogP contribution in [0.15, 0.2) is 42.5 Å². The van der Waals surface area contributed by atoms with Gasteiger partial charge >= 0.3 is 0 Å². The number of carbonyl (C=O) groups excluding carboxylic acids is 1. The van der Waals surface area contributed by atoms with E-state index in [1.165, 1.54) is 0 Å². The van der Waals surface area contributed by atoms with Crippen molar-refractivity contribution in [1.82, 2.24) is 9.80 Å². The number of methoxy groups -OCH3 is 2. The van der Waals surface area contributed by atoms with Crippen LogP contribution in [0.3, 0.4) is 0 Å². The Bertz CT molecular complexity index is 752. The molecule has 1 fully saturated rings. The molecular weight excluding hydrogens is 316 g/mol. The van der Waals surface area contributed by atoms with Gasteiger partial charge in [-0.1, -0.05) is 12.1 Å². The van der Waals surface area contributed by atoms with E-state index in [1.807, 2.05) is 47.4 Å². The summed E-state index contributed by atoms with van der Waals surface area (Å²) in [5.74, 6) is 1.55. The van der Waals surface area contributed by atoms with Gasteiger partial charge < -0.3 is 19.3 Å². The van der Waals surface area contributed by atoms with Crippen molar-refractivity contribution in [3.8, 4) is 22.6 Å². The van der Waals surface area contributed by atoms with Crippen LogP contribution in [0.25, 0.3) is 11.1 Å². The highest BCUT2D eigenvalue weighted by molar-refractivity contribution is 5.95. The predicted octanol–water partition coefficient (Wildman–Crippen LogP) is 2.76. The van der Waals surface area contributed by atoms with Gasteiger partial charge in [0.25, 0.3) is 5.91 Å². The maximum Gasteiger partial charge on any atom is 0.253 e. The minimum absolute atomic E-state index is 0.0856. The molecule has 5 heteroatoms. The van der Waals surface area contributed by atoms with E-state index in [2.05, 4.69) is 11.9 Å². The fraction of sp³-hybridized carbons (Fsp3) is 0.350. The first-order chi connectivity index (χ1) is 12.1. The number of hydrogen-bond acceptors (Lipinski definition) is 4. The minimum Gasteiger partial charge on any atom is -0.497 e. The average molecular weight is 340 g/mol. The SMILES string of the molecule is COc1ccc(-c2cccc(C(=O)N3CCN(C)CC3)c2)c(OC)c1. The van der Waals surface area contributed by atoms with E-state index < -0.39 is 0 Å². The third kappa shape index (κ3) is 3.77. The first-order valence-electron chi connectivity index (χ1n) is 8.42. The summed E-state index contributed by atoms with van der Waals surface area (Å²) in [7, 11) is 5.35. The van der Waals surface area contributed by atoms with Crippen LogP contribution in [-0.4, -0.2) is 63.2 Å². The zero-order valence-electron chi connectivity index (χ0n) is 15.0. The van der Waals surface area contributed by atoms with Crippen LogP contribution in [-0.2, 0) is 0 Å². The molecule has 0 aromatic heterocycles. The van der Waals surface area contributed by atoms with E-state index in [4.69, 9.17) is 9.47 Å². The average Bonchev–Trinajstić information content (AvgIpc) is 2.67. The second-order valence-electron chi connectivity index (χ2n) is 6.24. The topological polar surface area (TPSA) is 42.0 Å². The molecule has 0 radical (unpaired) electrons. The number of hydrogen-bond donors (Lipinski definition) is 0. The predicted molar refractivity (Wildman–Crippen MR) is 98.4 cm³/mol. The molecule has 0 aliphatic carbocycles. The molecule has 1 aliphatic heterocycles. The van der Waals surface area contributed by atoms with E-state index in [0.29, 0.717) is 5.56 Å². The van der Waals surface area contributed by atoms with E-state index in [9.17, 15) is 4.79 Å². The number of rotatable bonds is 4. The summed E-state index contributed by atoms with van der Waals surface area (Å²) in [5.41, 5.74) is 2.61. The highest BCUT2D eigenvalue weighted by Crippen LogP contribution is 2.33. The number of nitrogens with zero attached hydrogens (tertiary/aromatic N) is 2. The standard InChI is InChI=1S/C20H24N2O3/c1-21-9-11-22(12-10-21)20(23)16-6-4-5-15(13-16)18-8-7-17(24-2)14-19(18)25-3/h4-8,13-14H,9-12H2,1-3H3. The van der Waals surface area contributed by atoms with Gasteiger partial charge in [0.1, 0.15) is 11.5 Å². The van der Waals surface area contributed by atoms with Gasteiger partial charge in [0.2, 0.25) is 0 Å². The highest BCUT2D eigenvalue weighted by atomic mass is 16.5. The van der Waals surface area contributed by atoms with Crippen molar-refractivity contribution in [2.75, 3.05) is 47.4 Å². The van der Waals surface area contributed by atoms with Gasteiger partial charge in [-0.05, 0) is 36.9 Å². The molecule has 2 aromatic carbocycles. The van der Waals surface area contributed by atoms with Gasteiger partial charge in [0.05, 0.1) is 14.2 Å². The van der Waals surface area contributed by atoms with Crippen LogP contribution in [0.1, 0.15) is 10.4 Å². The van der Waals surface area contributed by atoms with Crippen molar-refractivity contribution in [2.24, 2.45) is 0 Å². The second kappa shape index (κ2) is 7.57. The Balaban J connectivity index is 1.88. The Labute approximate surface area is 148 Å². The lowest BCUT2D eigenvalue weighted by molar-refractivity contribution is 0.0664. The van der Waals surface area contributed by atoms with E-state index >= 15 is 0 Å². The molecule has 1 amide bonds. The molecule has 1 saturated heterocycles. The number of likely N-dealkylation sites (N-methyl/N-ethyl adjacent to an activating group) is 1. The van der Waals surface area contributed by atoms with Gasteiger partial charge in [0, 0.05) is 43.4 Å². The number of benzene rings is 2. The minimum atomic E-state index is 0.0856. The first-order valence-corrected chi connectivity index (χ1v) is 8.42. The quantitative estimate of drug-likeness (QED) is 0.858. The smallest absolute Gasteiger partial charge is 0.253 e. The summed E-state index contributed by atoms with van der Waals surface area (Å²) in [6.07, 6.45) is 0. The third-order valence-corrected chi connectivity index (χ3v) is 4.62. The molecule has 2 aromatic rings. The number of carbonyl (C=O) groups is 1. The maximum absolute atomic E-state index is 12.8. The summed E-state index contributed by atoms with van der Waals surface area (Å²) in [4.78, 5) is 17.0. The van der Waals surface area contributed by atoms with E-state index in [-0.39, 0.29) is 5.91 Å². The van der Waals surface area contributed by atoms with Crippen molar-refractivity contribution in [1.29, 1.82) is 0 Å². The molecule has 0 N–H and O–H groups in total. The molecule has 132 valence electrons. The van der Waals surface area contributed by atoms with Gasteiger partial charge in [-0.2, -0.15) is 0 Å². The second-order valence-corrected chi connectivity index (χ2v) is 6.24. The van der Waals surface area contributed by atoms with Gasteiger partial charge in [-0.3, -0.25) is 4.79 Å². The zero-order valence-corrected chi connectivity index (χ0v) is 15.0. The number of ether oxygens (including phenoxy) is 2. The van der Waals surface area contributed by atoms with Crippen LogP contribution in [0, 0.1) is 0 Å². The summed E-state index contributed by atoms with van der Waals surface area (Å²) in [5, 5.41) is 0. The molecule has 0 unspecified atom stereocenters. The Morgan fingerprint density at radius 2 is 1.72 bits per heavy atom. The molecule has 0 spiro atoms. The lowest BCUT2D eigenvalue weighted by Gasteiger charge is -2.32. The van der Waals surface area contributed by atoms with Crippen molar-refractivity contribution in [3.05, 3.63) is 48.0 Å². The monoisotopic (exact) mass is 340 g/mol. The molecule has 5 nitrogen and oxygen atoms in total. The third-order valence-electron chi connectivity index (χ3n) is 4.62. The van der Waals surface area contributed by atoms with E-state index in [1.54, 1.807) is 14.2 Å². The fourth-order valence-electron chi connectivity index (χ4n) is 3.05. The molecule has 0 atom stereocenters. The van der Waals surface area contributed by atoms with Gasteiger partial charge in [-0.25, -0.2) is 0 Å². The zero-order chi connectivity index (χ0) is 17.8. The summed E-state index contributed by atoms with van der Waals surface area (Å²) in [6.45, 7) is 3.37. The Morgan fingerprint density at radius 3 is 2.40 bits per heavy atom. The summed E-state index contributed by atoms with van der Waals surface area (Å²) >= 11 is 0. The first kappa shape index (κ1) is 17.3. The lowest BCUT2D eigenvalue weighted by atomic mass is 10.0. The Kier molecular flexibility index (Phi) is 5.24. The molecule has 25 heavy (non-hydrogen) atoms. The summed E-state index contributed by atoms with van der Waals surface area (Å²) < 4.78 is 10.7. The molecule has 0 bridgehead atoms. The Hall–Kier alpha value is -2.53. The Morgan fingerprint density at radius 1 is 0.960 bits per heavy atom. The largest absolute Gasteiger partial charge is 0.497 e. The van der Waals surface area contributed by atoms with Gasteiger partial charge in [-0.15, -0.1) is 0 Å². The maximum atomic E-state index is 12.8. The van der Waals surface area contributed by atoms with Crippen LogP contribution < -0.4 is 9.47 Å². The molecule has 0 saturated carbocycles. The normalized spacial score (nSPS) is 15.1. The highest BCUT2D eigenvalue weighted by Gasteiger charge is 2.20.